The monoisotopic (exact) mass is 816 g/mol. The van der Waals surface area contributed by atoms with Gasteiger partial charge in [0.2, 0.25) is 5.91 Å². The van der Waals surface area contributed by atoms with Crippen LogP contribution < -0.4 is 5.32 Å². The Balaban J connectivity index is 4.57. The van der Waals surface area contributed by atoms with Crippen molar-refractivity contribution in [1.82, 2.24) is 5.32 Å². The Morgan fingerprint density at radius 2 is 0.931 bits per heavy atom. The third kappa shape index (κ3) is 40.8. The van der Waals surface area contributed by atoms with Crippen molar-refractivity contribution in [2.75, 3.05) is 6.61 Å². The molecule has 0 aliphatic heterocycles. The first-order valence-corrected chi connectivity index (χ1v) is 25.2. The average molecular weight is 816 g/mol. The van der Waals surface area contributed by atoms with Crippen LogP contribution in [0.5, 0.6) is 0 Å². The molecule has 3 atom stereocenters. The molecule has 6 heteroatoms. The topological polar surface area (TPSA) is 95.9 Å². The van der Waals surface area contributed by atoms with E-state index >= 15 is 0 Å². The first kappa shape index (κ1) is 56.1. The summed E-state index contributed by atoms with van der Waals surface area (Å²) in [5.74, 6) is -0.485. The van der Waals surface area contributed by atoms with Crippen molar-refractivity contribution in [3.05, 3.63) is 36.5 Å². The lowest BCUT2D eigenvalue weighted by Gasteiger charge is -2.24. The van der Waals surface area contributed by atoms with Gasteiger partial charge in [0.25, 0.3) is 0 Å². The Hall–Kier alpha value is -1.92. The van der Waals surface area contributed by atoms with Crippen LogP contribution >= 0.6 is 0 Å². The zero-order valence-corrected chi connectivity index (χ0v) is 38.7. The predicted molar refractivity (Wildman–Crippen MR) is 250 cm³/mol. The van der Waals surface area contributed by atoms with Gasteiger partial charge in [0.05, 0.1) is 25.2 Å². The van der Waals surface area contributed by atoms with E-state index < -0.39 is 18.2 Å². The smallest absolute Gasteiger partial charge is 0.306 e. The molecule has 3 unspecified atom stereocenters. The highest BCUT2D eigenvalue weighted by Gasteiger charge is 2.24. The van der Waals surface area contributed by atoms with Gasteiger partial charge >= 0.3 is 5.97 Å². The lowest BCUT2D eigenvalue weighted by atomic mass is 10.0. The molecule has 0 bridgehead atoms. The average Bonchev–Trinajstić information content (AvgIpc) is 3.22. The van der Waals surface area contributed by atoms with Crippen LogP contribution in [-0.4, -0.2) is 46.9 Å². The van der Waals surface area contributed by atoms with E-state index in [1.54, 1.807) is 0 Å². The van der Waals surface area contributed by atoms with Crippen LogP contribution in [0.1, 0.15) is 258 Å². The molecular weight excluding hydrogens is 719 g/mol. The molecular formula is C52H97NO5. The fourth-order valence-electron chi connectivity index (χ4n) is 7.73. The molecule has 0 saturated heterocycles. The number of rotatable bonds is 45. The summed E-state index contributed by atoms with van der Waals surface area (Å²) in [7, 11) is 0. The van der Waals surface area contributed by atoms with E-state index in [2.05, 4.69) is 62.5 Å². The number of carbonyl (C=O) groups excluding carboxylic acids is 2. The van der Waals surface area contributed by atoms with Gasteiger partial charge in [0.1, 0.15) is 6.10 Å². The molecule has 0 saturated carbocycles. The standard InChI is InChI=1S/C52H97NO5/c1-4-7-10-13-16-19-22-24-25-27-30-33-36-39-42-45-52(57)58-48(43-40-37-34-31-29-26-23-20-17-14-11-8-5-2)46-51(56)53-49(47-54)50(55)44-41-38-35-32-28-21-18-15-12-9-6-3/h8,11,14,17,20,23,48-50,54-55H,4-7,9-10,12-13,15-16,18-19,21-22,24-47H2,1-3H3,(H,53,56)/b11-8+,17-14+,23-20+. The molecule has 0 fully saturated rings. The Bertz CT molecular complexity index is 961. The summed E-state index contributed by atoms with van der Waals surface area (Å²) in [6.45, 7) is 6.35. The van der Waals surface area contributed by atoms with Crippen molar-refractivity contribution < 1.29 is 24.5 Å². The molecule has 0 aliphatic carbocycles. The van der Waals surface area contributed by atoms with Gasteiger partial charge in [-0.25, -0.2) is 0 Å². The van der Waals surface area contributed by atoms with Crippen LogP contribution in [0.4, 0.5) is 0 Å². The summed E-state index contributed by atoms with van der Waals surface area (Å²) in [5, 5.41) is 23.7. The molecule has 0 aromatic heterocycles. The summed E-state index contributed by atoms with van der Waals surface area (Å²) in [4.78, 5) is 26.1. The van der Waals surface area contributed by atoms with Crippen LogP contribution in [0.3, 0.4) is 0 Å². The number of allylic oxidation sites excluding steroid dienone is 6. The third-order valence-electron chi connectivity index (χ3n) is 11.5. The second-order valence-corrected chi connectivity index (χ2v) is 17.3. The Morgan fingerprint density at radius 3 is 1.40 bits per heavy atom. The van der Waals surface area contributed by atoms with Crippen LogP contribution in [0, 0.1) is 0 Å². The minimum absolute atomic E-state index is 0.0675. The zero-order valence-electron chi connectivity index (χ0n) is 38.7. The molecule has 0 aromatic carbocycles. The van der Waals surface area contributed by atoms with E-state index in [0.29, 0.717) is 19.3 Å². The normalized spacial score (nSPS) is 13.5. The molecule has 0 spiro atoms. The quantitative estimate of drug-likeness (QED) is 0.0323. The van der Waals surface area contributed by atoms with Crippen molar-refractivity contribution in [2.45, 2.75) is 277 Å². The Morgan fingerprint density at radius 1 is 0.517 bits per heavy atom. The minimum Gasteiger partial charge on any atom is -0.462 e. The van der Waals surface area contributed by atoms with Crippen molar-refractivity contribution in [2.24, 2.45) is 0 Å². The third-order valence-corrected chi connectivity index (χ3v) is 11.5. The number of aliphatic hydroxyl groups excluding tert-OH is 2. The number of hydrogen-bond acceptors (Lipinski definition) is 5. The maximum Gasteiger partial charge on any atom is 0.306 e. The first-order valence-electron chi connectivity index (χ1n) is 25.2. The van der Waals surface area contributed by atoms with E-state index in [9.17, 15) is 19.8 Å². The SMILES string of the molecule is CC/C=C/C=C/C=C/CCCCCCCC(CC(=O)NC(CO)C(O)CCCCCCCCCCCCC)OC(=O)CCCCCCCCCCCCCCCCC. The fourth-order valence-corrected chi connectivity index (χ4v) is 7.73. The predicted octanol–water partition coefficient (Wildman–Crippen LogP) is 14.9. The summed E-state index contributed by atoms with van der Waals surface area (Å²) >= 11 is 0. The van der Waals surface area contributed by atoms with Gasteiger partial charge < -0.3 is 20.3 Å². The van der Waals surface area contributed by atoms with Gasteiger partial charge in [-0.1, -0.05) is 237 Å². The molecule has 0 radical (unpaired) electrons. The molecule has 58 heavy (non-hydrogen) atoms. The summed E-state index contributed by atoms with van der Waals surface area (Å²) in [6, 6.07) is -0.704. The molecule has 340 valence electrons. The first-order chi connectivity index (χ1) is 28.5. The molecule has 1 amide bonds. The molecule has 3 N–H and O–H groups in total. The highest BCUT2D eigenvalue weighted by molar-refractivity contribution is 5.77. The number of hydrogen-bond donors (Lipinski definition) is 3. The van der Waals surface area contributed by atoms with E-state index in [-0.39, 0.29) is 24.9 Å². The van der Waals surface area contributed by atoms with Crippen LogP contribution in [-0.2, 0) is 14.3 Å². The number of unbranched alkanes of at least 4 members (excludes halogenated alkanes) is 29. The van der Waals surface area contributed by atoms with E-state index in [1.165, 1.54) is 128 Å². The number of ether oxygens (including phenoxy) is 1. The molecule has 0 heterocycles. The second kappa shape index (κ2) is 46.2. The van der Waals surface area contributed by atoms with E-state index in [4.69, 9.17) is 4.74 Å². The van der Waals surface area contributed by atoms with Crippen molar-refractivity contribution >= 4 is 11.9 Å². The van der Waals surface area contributed by atoms with Gasteiger partial charge in [0.15, 0.2) is 0 Å². The number of esters is 1. The largest absolute Gasteiger partial charge is 0.462 e. The van der Waals surface area contributed by atoms with E-state index in [1.807, 2.05) is 0 Å². The molecule has 6 nitrogen and oxygen atoms in total. The molecule has 0 aromatic rings. The van der Waals surface area contributed by atoms with Gasteiger partial charge in [-0.3, -0.25) is 9.59 Å². The van der Waals surface area contributed by atoms with E-state index in [0.717, 1.165) is 83.5 Å². The number of carbonyl (C=O) groups is 2. The van der Waals surface area contributed by atoms with Gasteiger partial charge in [-0.15, -0.1) is 0 Å². The van der Waals surface area contributed by atoms with Crippen LogP contribution in [0.15, 0.2) is 36.5 Å². The van der Waals surface area contributed by atoms with Crippen molar-refractivity contribution in [3.63, 3.8) is 0 Å². The van der Waals surface area contributed by atoms with Crippen molar-refractivity contribution in [1.29, 1.82) is 0 Å². The minimum atomic E-state index is -0.789. The molecule has 0 aliphatic rings. The Kier molecular flexibility index (Phi) is 44.6. The highest BCUT2D eigenvalue weighted by atomic mass is 16.5. The lowest BCUT2D eigenvalue weighted by Crippen LogP contribution is -2.46. The maximum absolute atomic E-state index is 13.2. The van der Waals surface area contributed by atoms with Gasteiger partial charge in [-0.05, 0) is 44.9 Å². The molecule has 0 rings (SSSR count). The fraction of sp³-hybridized carbons (Fsp3) is 0.846. The summed E-state index contributed by atoms with van der Waals surface area (Å²) in [5.41, 5.74) is 0. The van der Waals surface area contributed by atoms with Gasteiger partial charge in [-0.2, -0.15) is 0 Å². The number of nitrogens with one attached hydrogen (secondary N) is 1. The maximum atomic E-state index is 13.2. The van der Waals surface area contributed by atoms with Crippen LogP contribution in [0.25, 0.3) is 0 Å². The summed E-state index contributed by atoms with van der Waals surface area (Å²) < 4.78 is 5.92. The van der Waals surface area contributed by atoms with Gasteiger partial charge in [0, 0.05) is 6.42 Å². The second-order valence-electron chi connectivity index (χ2n) is 17.3. The summed E-state index contributed by atoms with van der Waals surface area (Å²) in [6.07, 6.45) is 53.5. The highest BCUT2D eigenvalue weighted by Crippen LogP contribution is 2.18. The Labute approximate surface area is 360 Å². The number of amides is 1. The number of aliphatic hydroxyl groups is 2. The van der Waals surface area contributed by atoms with Crippen molar-refractivity contribution in [3.8, 4) is 0 Å². The van der Waals surface area contributed by atoms with Crippen LogP contribution in [0.2, 0.25) is 0 Å². The lowest BCUT2D eigenvalue weighted by molar-refractivity contribution is -0.151. The zero-order chi connectivity index (χ0) is 42.4.